The molecule has 0 amide bonds. The minimum atomic E-state index is 0.344. The van der Waals surface area contributed by atoms with E-state index in [1.165, 1.54) is 0 Å². The van der Waals surface area contributed by atoms with Gasteiger partial charge in [0.05, 0.1) is 5.39 Å². The van der Waals surface area contributed by atoms with E-state index in [-0.39, 0.29) is 0 Å². The van der Waals surface area contributed by atoms with Crippen LogP contribution in [0.1, 0.15) is 32.0 Å². The Balaban J connectivity index is 2.13. The molecule has 16 heavy (non-hydrogen) atoms. The van der Waals surface area contributed by atoms with Crippen LogP contribution < -0.4 is 11.3 Å². The second-order valence-electron chi connectivity index (χ2n) is 4.96. The Hall–Kier alpha value is -1.20. The van der Waals surface area contributed by atoms with Crippen LogP contribution in [0.4, 0.5) is 5.82 Å². The van der Waals surface area contributed by atoms with Crippen LogP contribution in [-0.4, -0.2) is 9.97 Å². The Bertz CT molecular complexity index is 546. The molecule has 1 saturated carbocycles. The van der Waals surface area contributed by atoms with Crippen molar-refractivity contribution >= 4 is 27.4 Å². The highest BCUT2D eigenvalue weighted by atomic mass is 32.1. The number of hydrazine groups is 1. The highest BCUT2D eigenvalue weighted by Crippen LogP contribution is 2.57. The van der Waals surface area contributed by atoms with Crippen LogP contribution in [0.25, 0.3) is 10.2 Å². The lowest BCUT2D eigenvalue weighted by Crippen LogP contribution is -2.10. The molecule has 1 atom stereocenters. The predicted molar refractivity (Wildman–Crippen MR) is 66.4 cm³/mol. The van der Waals surface area contributed by atoms with Gasteiger partial charge in [-0.2, -0.15) is 0 Å². The van der Waals surface area contributed by atoms with Crippen LogP contribution >= 0.6 is 11.3 Å². The zero-order chi connectivity index (χ0) is 11.3. The monoisotopic (exact) mass is 234 g/mol. The van der Waals surface area contributed by atoms with Crippen molar-refractivity contribution in [3.05, 3.63) is 17.3 Å². The summed E-state index contributed by atoms with van der Waals surface area (Å²) in [4.78, 5) is 10.1. The van der Waals surface area contributed by atoms with Crippen LogP contribution in [0.2, 0.25) is 0 Å². The highest BCUT2D eigenvalue weighted by Gasteiger charge is 2.48. The summed E-state index contributed by atoms with van der Waals surface area (Å²) in [5, 5.41) is 3.02. The van der Waals surface area contributed by atoms with Gasteiger partial charge in [0.15, 0.2) is 5.82 Å². The maximum atomic E-state index is 5.50. The van der Waals surface area contributed by atoms with E-state index in [1.807, 2.05) is 11.4 Å². The van der Waals surface area contributed by atoms with Crippen LogP contribution in [0.15, 0.2) is 11.4 Å². The van der Waals surface area contributed by atoms with Crippen molar-refractivity contribution < 1.29 is 0 Å². The molecule has 0 bridgehead atoms. The van der Waals surface area contributed by atoms with Crippen molar-refractivity contribution in [2.24, 2.45) is 11.3 Å². The number of fused-ring (bicyclic) bond motifs is 1. The van der Waals surface area contributed by atoms with E-state index in [9.17, 15) is 0 Å². The zero-order valence-electron chi connectivity index (χ0n) is 9.32. The molecule has 3 N–H and O–H groups in total. The Morgan fingerprint density at radius 2 is 2.25 bits per heavy atom. The van der Waals surface area contributed by atoms with Gasteiger partial charge < -0.3 is 5.43 Å². The molecular formula is C11H14N4S. The van der Waals surface area contributed by atoms with Crippen LogP contribution in [0, 0.1) is 5.41 Å². The Morgan fingerprint density at radius 3 is 2.88 bits per heavy atom. The molecule has 2 aromatic rings. The molecule has 0 saturated heterocycles. The molecule has 2 aromatic heterocycles. The lowest BCUT2D eigenvalue weighted by Gasteiger charge is -2.06. The summed E-state index contributed by atoms with van der Waals surface area (Å²) in [6.07, 6.45) is 1.16. The third kappa shape index (κ3) is 1.39. The van der Waals surface area contributed by atoms with E-state index in [1.54, 1.807) is 11.3 Å². The topological polar surface area (TPSA) is 63.8 Å². The number of aromatic nitrogens is 2. The highest BCUT2D eigenvalue weighted by molar-refractivity contribution is 7.16. The molecule has 1 unspecified atom stereocenters. The summed E-state index contributed by atoms with van der Waals surface area (Å²) in [6, 6.07) is 2.00. The summed E-state index contributed by atoms with van der Waals surface area (Å²) >= 11 is 1.63. The second kappa shape index (κ2) is 3.15. The van der Waals surface area contributed by atoms with Gasteiger partial charge in [-0.15, -0.1) is 11.3 Å². The number of hydrogen-bond acceptors (Lipinski definition) is 5. The molecule has 0 aromatic carbocycles. The molecule has 0 aliphatic heterocycles. The molecule has 2 heterocycles. The van der Waals surface area contributed by atoms with Crippen LogP contribution in [0.5, 0.6) is 0 Å². The fourth-order valence-electron chi connectivity index (χ4n) is 2.05. The van der Waals surface area contributed by atoms with Crippen molar-refractivity contribution in [1.82, 2.24) is 9.97 Å². The van der Waals surface area contributed by atoms with Gasteiger partial charge in [-0.3, -0.25) is 0 Å². The first kappa shape index (κ1) is 9.99. The van der Waals surface area contributed by atoms with Crippen molar-refractivity contribution in [2.45, 2.75) is 26.2 Å². The van der Waals surface area contributed by atoms with E-state index in [0.29, 0.717) is 11.3 Å². The number of nitrogen functional groups attached to an aromatic ring is 1. The van der Waals surface area contributed by atoms with E-state index in [0.717, 1.165) is 28.3 Å². The van der Waals surface area contributed by atoms with E-state index < -0.39 is 0 Å². The molecule has 84 valence electrons. The van der Waals surface area contributed by atoms with Gasteiger partial charge in [0.2, 0.25) is 0 Å². The minimum Gasteiger partial charge on any atom is -0.308 e. The molecule has 1 aliphatic carbocycles. The smallest absolute Gasteiger partial charge is 0.152 e. The van der Waals surface area contributed by atoms with Gasteiger partial charge in [0, 0.05) is 5.92 Å². The van der Waals surface area contributed by atoms with Gasteiger partial charge >= 0.3 is 0 Å². The Morgan fingerprint density at radius 1 is 1.50 bits per heavy atom. The van der Waals surface area contributed by atoms with Crippen molar-refractivity contribution in [3.8, 4) is 0 Å². The van der Waals surface area contributed by atoms with Crippen molar-refractivity contribution in [1.29, 1.82) is 0 Å². The minimum absolute atomic E-state index is 0.344. The number of nitrogens with two attached hydrogens (primary N) is 1. The first-order chi connectivity index (χ1) is 7.62. The zero-order valence-corrected chi connectivity index (χ0v) is 10.1. The Kier molecular flexibility index (Phi) is 1.96. The normalized spacial score (nSPS) is 22.3. The fraction of sp³-hybridized carbons (Fsp3) is 0.455. The predicted octanol–water partition coefficient (Wildman–Crippen LogP) is 2.49. The van der Waals surface area contributed by atoms with Gasteiger partial charge in [0.1, 0.15) is 10.7 Å². The summed E-state index contributed by atoms with van der Waals surface area (Å²) in [7, 11) is 0. The molecule has 5 heteroatoms. The lowest BCUT2D eigenvalue weighted by atomic mass is 10.1. The first-order valence-corrected chi connectivity index (χ1v) is 6.21. The third-order valence-corrected chi connectivity index (χ3v) is 4.11. The molecule has 0 spiro atoms. The number of nitrogens with zero attached hydrogens (tertiary/aromatic N) is 2. The van der Waals surface area contributed by atoms with Crippen LogP contribution in [-0.2, 0) is 0 Å². The van der Waals surface area contributed by atoms with Gasteiger partial charge in [-0.05, 0) is 23.3 Å². The van der Waals surface area contributed by atoms with Crippen molar-refractivity contribution in [3.63, 3.8) is 0 Å². The molecule has 3 rings (SSSR count). The number of anilines is 1. The van der Waals surface area contributed by atoms with Gasteiger partial charge in [-0.25, -0.2) is 15.8 Å². The maximum absolute atomic E-state index is 5.50. The number of hydrogen-bond donors (Lipinski definition) is 2. The first-order valence-electron chi connectivity index (χ1n) is 5.33. The van der Waals surface area contributed by atoms with E-state index in [2.05, 4.69) is 29.2 Å². The summed E-state index contributed by atoms with van der Waals surface area (Å²) < 4.78 is 0. The average Bonchev–Trinajstić information content (AvgIpc) is 2.71. The van der Waals surface area contributed by atoms with Gasteiger partial charge in [0.25, 0.3) is 0 Å². The molecule has 1 fully saturated rings. The van der Waals surface area contributed by atoms with Crippen molar-refractivity contribution in [2.75, 3.05) is 5.43 Å². The number of thiophene rings is 1. The summed E-state index contributed by atoms with van der Waals surface area (Å²) in [5.74, 6) is 7.64. The third-order valence-electron chi connectivity index (χ3n) is 3.30. The quantitative estimate of drug-likeness (QED) is 0.619. The molecule has 0 radical (unpaired) electrons. The number of rotatable bonds is 2. The fourth-order valence-corrected chi connectivity index (χ4v) is 2.82. The second-order valence-corrected chi connectivity index (χ2v) is 5.85. The molecule has 1 aliphatic rings. The largest absolute Gasteiger partial charge is 0.308 e. The average molecular weight is 234 g/mol. The standard InChI is InChI=1S/C11H14N4S/c1-11(2)5-7(11)9-13-8(15-12)6-3-4-16-10(6)14-9/h3-4,7H,5,12H2,1-2H3,(H,13,14,15). The van der Waals surface area contributed by atoms with E-state index >= 15 is 0 Å². The Labute approximate surface area is 97.9 Å². The molecule has 4 nitrogen and oxygen atoms in total. The van der Waals surface area contributed by atoms with Crippen LogP contribution in [0.3, 0.4) is 0 Å². The lowest BCUT2D eigenvalue weighted by molar-refractivity contribution is 0.610. The molecular weight excluding hydrogens is 220 g/mol. The van der Waals surface area contributed by atoms with E-state index in [4.69, 9.17) is 5.84 Å². The van der Waals surface area contributed by atoms with Gasteiger partial charge in [-0.1, -0.05) is 13.8 Å². The SMILES string of the molecule is CC1(C)CC1c1nc(NN)c2ccsc2n1. The summed E-state index contributed by atoms with van der Waals surface area (Å²) in [6.45, 7) is 4.49. The maximum Gasteiger partial charge on any atom is 0.152 e. The number of nitrogens with one attached hydrogen (secondary N) is 1. The summed E-state index contributed by atoms with van der Waals surface area (Å²) in [5.41, 5.74) is 3.01.